The largest absolute Gasteiger partial charge is 0.386 e. The molecular formula is C18H15N5O. The number of imidazole rings is 1. The monoisotopic (exact) mass is 317 g/mol. The molecule has 3 atom stereocenters. The first-order chi connectivity index (χ1) is 11.8. The maximum Gasteiger partial charge on any atom is 0.103 e. The van der Waals surface area contributed by atoms with Crippen LogP contribution in [0, 0.1) is 17.2 Å². The van der Waals surface area contributed by atoms with Crippen molar-refractivity contribution < 1.29 is 5.11 Å². The smallest absolute Gasteiger partial charge is 0.103 e. The molecule has 24 heavy (non-hydrogen) atoms. The van der Waals surface area contributed by atoms with Gasteiger partial charge in [-0.15, -0.1) is 0 Å². The summed E-state index contributed by atoms with van der Waals surface area (Å²) in [6.07, 6.45) is 5.34. The second kappa shape index (κ2) is 4.79. The van der Waals surface area contributed by atoms with Crippen molar-refractivity contribution in [3.05, 3.63) is 59.8 Å². The van der Waals surface area contributed by atoms with Crippen LogP contribution in [0.3, 0.4) is 0 Å². The van der Waals surface area contributed by atoms with Crippen LogP contribution in [0.15, 0.2) is 43.0 Å². The fourth-order valence-corrected chi connectivity index (χ4v) is 4.24. The molecule has 0 saturated heterocycles. The number of aryl methyl sites for hydroxylation is 1. The summed E-state index contributed by atoms with van der Waals surface area (Å²) in [6.45, 7) is 0.710. The number of aliphatic hydroxyl groups is 1. The molecule has 4 heterocycles. The summed E-state index contributed by atoms with van der Waals surface area (Å²) < 4.78 is 3.91. The van der Waals surface area contributed by atoms with Crippen molar-refractivity contribution in [3.63, 3.8) is 0 Å². The Morgan fingerprint density at radius 2 is 2.12 bits per heavy atom. The number of fused-ring (bicyclic) bond motifs is 4. The summed E-state index contributed by atoms with van der Waals surface area (Å²) in [7, 11) is 0. The van der Waals surface area contributed by atoms with Gasteiger partial charge in [0, 0.05) is 18.0 Å². The zero-order valence-corrected chi connectivity index (χ0v) is 12.9. The molecule has 0 spiro atoms. The van der Waals surface area contributed by atoms with Crippen LogP contribution in [-0.4, -0.2) is 24.4 Å². The van der Waals surface area contributed by atoms with E-state index < -0.39 is 6.10 Å². The SMILES string of the molecule is N#Cc1cnn2c1[C@H](O)[C@H]([C@H]1c3ccccc3-c3cncn31)CC2. The van der Waals surface area contributed by atoms with Crippen molar-refractivity contribution >= 4 is 0 Å². The third-order valence-electron chi connectivity index (χ3n) is 5.29. The Morgan fingerprint density at radius 3 is 3.00 bits per heavy atom. The average molecular weight is 317 g/mol. The van der Waals surface area contributed by atoms with E-state index in [1.807, 2.05) is 24.7 Å². The number of nitrogens with zero attached hydrogens (tertiary/aromatic N) is 5. The predicted molar refractivity (Wildman–Crippen MR) is 85.8 cm³/mol. The third-order valence-corrected chi connectivity index (χ3v) is 5.29. The van der Waals surface area contributed by atoms with Crippen molar-refractivity contribution in [2.24, 2.45) is 5.92 Å². The van der Waals surface area contributed by atoms with Gasteiger partial charge in [-0.1, -0.05) is 24.3 Å². The lowest BCUT2D eigenvalue weighted by molar-refractivity contribution is 0.0523. The van der Waals surface area contributed by atoms with Gasteiger partial charge in [0.05, 0.1) is 41.7 Å². The molecule has 1 aromatic carbocycles. The van der Waals surface area contributed by atoms with Crippen molar-refractivity contribution in [3.8, 4) is 17.3 Å². The lowest BCUT2D eigenvalue weighted by Crippen LogP contribution is -2.31. The maximum absolute atomic E-state index is 11.0. The number of rotatable bonds is 1. The van der Waals surface area contributed by atoms with Crippen LogP contribution in [-0.2, 0) is 6.54 Å². The minimum Gasteiger partial charge on any atom is -0.386 e. The van der Waals surface area contributed by atoms with Gasteiger partial charge in [0.2, 0.25) is 0 Å². The Kier molecular flexibility index (Phi) is 2.70. The predicted octanol–water partition coefficient (Wildman–Crippen LogP) is 2.27. The minimum absolute atomic E-state index is 0.0158. The average Bonchev–Trinajstić information content (AvgIpc) is 3.29. The van der Waals surface area contributed by atoms with Crippen LogP contribution in [0.1, 0.15) is 35.4 Å². The number of aliphatic hydroxyl groups excluding tert-OH is 1. The molecule has 0 radical (unpaired) electrons. The number of aromatic nitrogens is 4. The standard InChI is InChI=1S/C18H15N5O/c19-7-11-8-21-23-6-5-14(18(24)16(11)23)17-13-4-2-1-3-12(13)15-9-20-10-22(15)17/h1-4,8-10,14,17-18,24H,5-6H2/t14-,17+,18+/m0/s1. The molecule has 5 rings (SSSR count). The van der Waals surface area contributed by atoms with E-state index in [1.54, 1.807) is 10.9 Å². The van der Waals surface area contributed by atoms with E-state index in [0.29, 0.717) is 17.8 Å². The molecular weight excluding hydrogens is 302 g/mol. The van der Waals surface area contributed by atoms with Gasteiger partial charge in [-0.25, -0.2) is 4.98 Å². The quantitative estimate of drug-likeness (QED) is 0.746. The van der Waals surface area contributed by atoms with Gasteiger partial charge in [0.15, 0.2) is 0 Å². The molecule has 3 aromatic rings. The highest BCUT2D eigenvalue weighted by Gasteiger charge is 2.41. The zero-order chi connectivity index (χ0) is 16.3. The Balaban J connectivity index is 1.64. The van der Waals surface area contributed by atoms with E-state index in [0.717, 1.165) is 12.1 Å². The van der Waals surface area contributed by atoms with Gasteiger partial charge in [-0.2, -0.15) is 10.4 Å². The van der Waals surface area contributed by atoms with E-state index >= 15 is 0 Å². The molecule has 2 aromatic heterocycles. The van der Waals surface area contributed by atoms with Gasteiger partial charge in [-0.05, 0) is 12.0 Å². The van der Waals surface area contributed by atoms with E-state index in [2.05, 4.69) is 32.9 Å². The van der Waals surface area contributed by atoms with E-state index in [4.69, 9.17) is 0 Å². The van der Waals surface area contributed by atoms with Gasteiger partial charge in [-0.3, -0.25) is 4.68 Å². The molecule has 1 N–H and O–H groups in total. The van der Waals surface area contributed by atoms with Crippen molar-refractivity contribution in [2.45, 2.75) is 25.1 Å². The number of hydrogen-bond donors (Lipinski definition) is 1. The van der Waals surface area contributed by atoms with Crippen molar-refractivity contribution in [2.75, 3.05) is 0 Å². The highest BCUT2D eigenvalue weighted by Crippen LogP contribution is 2.49. The first-order valence-corrected chi connectivity index (χ1v) is 8.04. The molecule has 0 bridgehead atoms. The van der Waals surface area contributed by atoms with Crippen molar-refractivity contribution in [1.82, 2.24) is 19.3 Å². The van der Waals surface area contributed by atoms with E-state index in [1.165, 1.54) is 11.1 Å². The second-order valence-electron chi connectivity index (χ2n) is 6.39. The van der Waals surface area contributed by atoms with Crippen LogP contribution < -0.4 is 0 Å². The molecule has 6 heteroatoms. The van der Waals surface area contributed by atoms with Crippen molar-refractivity contribution in [1.29, 1.82) is 5.26 Å². The van der Waals surface area contributed by atoms with Gasteiger partial charge in [0.1, 0.15) is 12.2 Å². The molecule has 0 amide bonds. The number of benzene rings is 1. The second-order valence-corrected chi connectivity index (χ2v) is 6.39. The third kappa shape index (κ3) is 1.62. The summed E-state index contributed by atoms with van der Waals surface area (Å²) >= 11 is 0. The fraction of sp³-hybridized carbons (Fsp3) is 0.278. The maximum atomic E-state index is 11.0. The Hall–Kier alpha value is -2.91. The fourth-order valence-electron chi connectivity index (χ4n) is 4.24. The number of hydrogen-bond acceptors (Lipinski definition) is 4. The van der Waals surface area contributed by atoms with Gasteiger partial charge >= 0.3 is 0 Å². The Labute approximate surface area is 138 Å². The molecule has 0 saturated carbocycles. The van der Waals surface area contributed by atoms with Crippen LogP contribution >= 0.6 is 0 Å². The van der Waals surface area contributed by atoms with Gasteiger partial charge < -0.3 is 9.67 Å². The van der Waals surface area contributed by atoms with Crippen LogP contribution in [0.2, 0.25) is 0 Å². The number of nitriles is 1. The summed E-state index contributed by atoms with van der Waals surface area (Å²) in [5.74, 6) is -0.0158. The first kappa shape index (κ1) is 13.5. The van der Waals surface area contributed by atoms with E-state index in [-0.39, 0.29) is 12.0 Å². The molecule has 118 valence electrons. The molecule has 6 nitrogen and oxygen atoms in total. The minimum atomic E-state index is -0.720. The lowest BCUT2D eigenvalue weighted by Gasteiger charge is -2.34. The van der Waals surface area contributed by atoms with Crippen LogP contribution in [0.5, 0.6) is 0 Å². The first-order valence-electron chi connectivity index (χ1n) is 8.04. The molecule has 0 fully saturated rings. The molecule has 0 unspecified atom stereocenters. The summed E-state index contributed by atoms with van der Waals surface area (Å²) in [4.78, 5) is 4.29. The molecule has 2 aliphatic rings. The normalized spacial score (nSPS) is 24.1. The molecule has 0 aliphatic carbocycles. The summed E-state index contributed by atoms with van der Waals surface area (Å²) in [6, 6.07) is 10.5. The highest BCUT2D eigenvalue weighted by molar-refractivity contribution is 5.69. The van der Waals surface area contributed by atoms with E-state index in [9.17, 15) is 10.4 Å². The lowest BCUT2D eigenvalue weighted by atomic mass is 9.82. The molecule has 2 aliphatic heterocycles. The Morgan fingerprint density at radius 1 is 1.25 bits per heavy atom. The zero-order valence-electron chi connectivity index (χ0n) is 12.9. The topological polar surface area (TPSA) is 79.7 Å². The highest BCUT2D eigenvalue weighted by atomic mass is 16.3. The summed E-state index contributed by atoms with van der Waals surface area (Å²) in [5, 5.41) is 24.6. The Bertz CT molecular complexity index is 979. The van der Waals surface area contributed by atoms with Crippen LogP contribution in [0.4, 0.5) is 0 Å². The van der Waals surface area contributed by atoms with Crippen LogP contribution in [0.25, 0.3) is 11.3 Å². The van der Waals surface area contributed by atoms with Gasteiger partial charge in [0.25, 0.3) is 0 Å². The summed E-state index contributed by atoms with van der Waals surface area (Å²) in [5.41, 5.74) is 4.57.